The van der Waals surface area contributed by atoms with Gasteiger partial charge in [0, 0.05) is 31.6 Å². The number of hydrogen-bond donors (Lipinski definition) is 1. The van der Waals surface area contributed by atoms with E-state index >= 15 is 0 Å². The maximum absolute atomic E-state index is 12.9. The Morgan fingerprint density at radius 3 is 2.59 bits per heavy atom. The molecule has 0 aromatic heterocycles. The second kappa shape index (κ2) is 8.11. The fourth-order valence-electron chi connectivity index (χ4n) is 4.23. The molecule has 0 bridgehead atoms. The van der Waals surface area contributed by atoms with Crippen LogP contribution in [0.2, 0.25) is 0 Å². The number of fused-ring (bicyclic) bond motifs is 1. The standard InChI is InChI=1S/C24H26N2O3/c1-2-22(27)25-20-9-5-3-8-19(20)17-23(28)26-15-13-24(14-16-26)12-11-18-7-4-6-10-21(18)29-24/h2-10H,1,11-17H2,(H,25,27). The number of ether oxygens (including phenoxy) is 1. The van der Waals surface area contributed by atoms with Crippen molar-refractivity contribution in [3.63, 3.8) is 0 Å². The number of hydrogen-bond acceptors (Lipinski definition) is 3. The molecular formula is C24H26N2O3. The number of piperidine rings is 1. The molecule has 1 N–H and O–H groups in total. The van der Waals surface area contributed by atoms with E-state index in [2.05, 4.69) is 24.0 Å². The summed E-state index contributed by atoms with van der Waals surface area (Å²) in [6.07, 6.45) is 5.22. The second-order valence-corrected chi connectivity index (χ2v) is 7.80. The van der Waals surface area contributed by atoms with Crippen LogP contribution in [-0.2, 0) is 22.4 Å². The fraction of sp³-hybridized carbons (Fsp3) is 0.333. The van der Waals surface area contributed by atoms with E-state index in [4.69, 9.17) is 4.74 Å². The smallest absolute Gasteiger partial charge is 0.247 e. The van der Waals surface area contributed by atoms with Crippen LogP contribution >= 0.6 is 0 Å². The molecule has 4 rings (SSSR count). The zero-order valence-electron chi connectivity index (χ0n) is 16.5. The van der Waals surface area contributed by atoms with E-state index in [0.29, 0.717) is 18.8 Å². The van der Waals surface area contributed by atoms with Crippen LogP contribution in [0.3, 0.4) is 0 Å². The van der Waals surface area contributed by atoms with Crippen LogP contribution in [0, 0.1) is 0 Å². The Morgan fingerprint density at radius 2 is 1.79 bits per heavy atom. The molecule has 1 spiro atoms. The van der Waals surface area contributed by atoms with E-state index in [1.807, 2.05) is 41.3 Å². The highest BCUT2D eigenvalue weighted by atomic mass is 16.5. The van der Waals surface area contributed by atoms with Crippen molar-refractivity contribution in [1.29, 1.82) is 0 Å². The van der Waals surface area contributed by atoms with Crippen LogP contribution in [0.5, 0.6) is 5.75 Å². The Hall–Kier alpha value is -3.08. The number of carbonyl (C=O) groups excluding carboxylic acids is 2. The lowest BCUT2D eigenvalue weighted by Crippen LogP contribution is -2.51. The minimum Gasteiger partial charge on any atom is -0.487 e. The van der Waals surface area contributed by atoms with Gasteiger partial charge in [-0.05, 0) is 42.2 Å². The van der Waals surface area contributed by atoms with Crippen LogP contribution in [0.25, 0.3) is 0 Å². The van der Waals surface area contributed by atoms with Gasteiger partial charge in [-0.3, -0.25) is 9.59 Å². The highest BCUT2D eigenvalue weighted by Gasteiger charge is 2.40. The largest absolute Gasteiger partial charge is 0.487 e. The molecule has 0 atom stereocenters. The van der Waals surface area contributed by atoms with Crippen molar-refractivity contribution >= 4 is 17.5 Å². The average molecular weight is 390 g/mol. The number of carbonyl (C=O) groups is 2. The number of amides is 2. The molecule has 2 aliphatic rings. The topological polar surface area (TPSA) is 58.6 Å². The first-order chi connectivity index (χ1) is 14.1. The monoisotopic (exact) mass is 390 g/mol. The van der Waals surface area contributed by atoms with Crippen LogP contribution in [0.4, 0.5) is 5.69 Å². The molecule has 1 saturated heterocycles. The highest BCUT2D eigenvalue weighted by Crippen LogP contribution is 2.39. The lowest BCUT2D eigenvalue weighted by molar-refractivity contribution is -0.134. The van der Waals surface area contributed by atoms with Crippen molar-refractivity contribution in [3.05, 3.63) is 72.3 Å². The first kappa shape index (κ1) is 19.2. The van der Waals surface area contributed by atoms with Crippen molar-refractivity contribution in [2.75, 3.05) is 18.4 Å². The van der Waals surface area contributed by atoms with E-state index in [9.17, 15) is 9.59 Å². The Morgan fingerprint density at radius 1 is 1.07 bits per heavy atom. The molecule has 29 heavy (non-hydrogen) atoms. The first-order valence-electron chi connectivity index (χ1n) is 10.1. The zero-order chi connectivity index (χ0) is 20.3. The van der Waals surface area contributed by atoms with Gasteiger partial charge in [-0.15, -0.1) is 0 Å². The number of likely N-dealkylation sites (tertiary alicyclic amines) is 1. The van der Waals surface area contributed by atoms with Crippen molar-refractivity contribution in [1.82, 2.24) is 4.90 Å². The van der Waals surface area contributed by atoms with Gasteiger partial charge in [0.25, 0.3) is 0 Å². The summed E-state index contributed by atoms with van der Waals surface area (Å²) in [5, 5.41) is 2.78. The number of nitrogens with one attached hydrogen (secondary N) is 1. The molecule has 5 nitrogen and oxygen atoms in total. The van der Waals surface area contributed by atoms with E-state index in [0.717, 1.165) is 37.0 Å². The van der Waals surface area contributed by atoms with Gasteiger partial charge in [0.05, 0.1) is 6.42 Å². The van der Waals surface area contributed by atoms with Gasteiger partial charge in [-0.25, -0.2) is 0 Å². The molecule has 0 saturated carbocycles. The Balaban J connectivity index is 1.38. The molecule has 2 heterocycles. The van der Waals surface area contributed by atoms with Crippen LogP contribution in [0.15, 0.2) is 61.2 Å². The summed E-state index contributed by atoms with van der Waals surface area (Å²) in [5.74, 6) is 0.793. The lowest BCUT2D eigenvalue weighted by atomic mass is 9.83. The number of rotatable bonds is 4. The van der Waals surface area contributed by atoms with Crippen LogP contribution in [0.1, 0.15) is 30.4 Å². The number of benzene rings is 2. The minimum absolute atomic E-state index is 0.0800. The number of anilines is 1. The SMILES string of the molecule is C=CC(=O)Nc1ccccc1CC(=O)N1CCC2(CCc3ccccc3O2)CC1. The molecule has 0 aliphatic carbocycles. The van der Waals surface area contributed by atoms with E-state index in [1.165, 1.54) is 11.6 Å². The van der Waals surface area contributed by atoms with E-state index in [-0.39, 0.29) is 23.8 Å². The molecule has 0 unspecified atom stereocenters. The summed E-state index contributed by atoms with van der Waals surface area (Å²) in [6, 6.07) is 15.6. The number of nitrogens with zero attached hydrogens (tertiary/aromatic N) is 1. The first-order valence-corrected chi connectivity index (χ1v) is 10.1. The second-order valence-electron chi connectivity index (χ2n) is 7.80. The Labute approximate surface area is 171 Å². The van der Waals surface area contributed by atoms with Crippen molar-refractivity contribution in [2.24, 2.45) is 0 Å². The van der Waals surface area contributed by atoms with Gasteiger partial charge in [0.1, 0.15) is 11.4 Å². The van der Waals surface area contributed by atoms with Gasteiger partial charge >= 0.3 is 0 Å². The molecule has 0 radical (unpaired) electrons. The fourth-order valence-corrected chi connectivity index (χ4v) is 4.23. The van der Waals surface area contributed by atoms with Gasteiger partial charge in [-0.2, -0.15) is 0 Å². The van der Waals surface area contributed by atoms with Crippen LogP contribution < -0.4 is 10.1 Å². The molecule has 150 valence electrons. The van der Waals surface area contributed by atoms with E-state index in [1.54, 1.807) is 0 Å². The third kappa shape index (κ3) is 4.19. The normalized spacial score (nSPS) is 17.2. The minimum atomic E-state index is -0.278. The lowest BCUT2D eigenvalue weighted by Gasteiger charge is -2.44. The number of para-hydroxylation sites is 2. The Bertz CT molecular complexity index is 929. The third-order valence-electron chi connectivity index (χ3n) is 5.98. The van der Waals surface area contributed by atoms with Gasteiger partial charge in [0.2, 0.25) is 11.8 Å². The summed E-state index contributed by atoms with van der Waals surface area (Å²) in [7, 11) is 0. The maximum atomic E-state index is 12.9. The molecule has 5 heteroatoms. The molecule has 1 fully saturated rings. The molecule has 2 aromatic rings. The van der Waals surface area contributed by atoms with Crippen molar-refractivity contribution < 1.29 is 14.3 Å². The summed E-state index contributed by atoms with van der Waals surface area (Å²) in [5.41, 5.74) is 2.60. The summed E-state index contributed by atoms with van der Waals surface area (Å²) < 4.78 is 6.39. The predicted octanol–water partition coefficient (Wildman–Crippen LogP) is 3.74. The summed E-state index contributed by atoms with van der Waals surface area (Å²) in [4.78, 5) is 26.5. The Kier molecular flexibility index (Phi) is 5.38. The predicted molar refractivity (Wildman–Crippen MR) is 113 cm³/mol. The van der Waals surface area contributed by atoms with Gasteiger partial charge in [0.15, 0.2) is 0 Å². The quantitative estimate of drug-likeness (QED) is 0.809. The third-order valence-corrected chi connectivity index (χ3v) is 5.98. The van der Waals surface area contributed by atoms with Crippen molar-refractivity contribution in [3.8, 4) is 5.75 Å². The maximum Gasteiger partial charge on any atom is 0.247 e. The van der Waals surface area contributed by atoms with Crippen molar-refractivity contribution in [2.45, 2.75) is 37.7 Å². The summed E-state index contributed by atoms with van der Waals surface area (Å²) in [6.45, 7) is 4.87. The van der Waals surface area contributed by atoms with E-state index < -0.39 is 0 Å². The average Bonchev–Trinajstić information content (AvgIpc) is 2.75. The van der Waals surface area contributed by atoms with Gasteiger partial charge in [-0.1, -0.05) is 43.0 Å². The number of aryl methyl sites for hydroxylation is 1. The molecule has 2 aromatic carbocycles. The molecular weight excluding hydrogens is 364 g/mol. The molecule has 2 aliphatic heterocycles. The summed E-state index contributed by atoms with van der Waals surface area (Å²) >= 11 is 0. The highest BCUT2D eigenvalue weighted by molar-refractivity contribution is 5.99. The van der Waals surface area contributed by atoms with Gasteiger partial charge < -0.3 is 15.0 Å². The molecule has 2 amide bonds. The zero-order valence-corrected chi connectivity index (χ0v) is 16.5. The van der Waals surface area contributed by atoms with Crippen LogP contribution in [-0.4, -0.2) is 35.4 Å².